The molecule has 136 valence electrons. The Hall–Kier alpha value is -3.14. The minimum atomic E-state index is -0.710. The maximum Gasteiger partial charge on any atom is 0.338 e. The SMILES string of the molecule is CC1=C(C(=O)OC(C)(C)C)C(c2ccc3c(c2)OCO3)C(C#N)=C(N)O1. The Balaban J connectivity index is 2.10. The number of nitrogens with two attached hydrogens (primary N) is 1. The van der Waals surface area contributed by atoms with E-state index in [2.05, 4.69) is 6.07 Å². The lowest BCUT2D eigenvalue weighted by atomic mass is 9.83. The van der Waals surface area contributed by atoms with Crippen molar-refractivity contribution < 1.29 is 23.7 Å². The van der Waals surface area contributed by atoms with E-state index in [0.717, 1.165) is 0 Å². The Kier molecular flexibility index (Phi) is 4.28. The zero-order chi connectivity index (χ0) is 19.1. The number of ether oxygens (including phenoxy) is 4. The van der Waals surface area contributed by atoms with Gasteiger partial charge in [0.05, 0.1) is 11.5 Å². The van der Waals surface area contributed by atoms with Crippen molar-refractivity contribution in [2.75, 3.05) is 6.79 Å². The van der Waals surface area contributed by atoms with Gasteiger partial charge >= 0.3 is 5.97 Å². The van der Waals surface area contributed by atoms with E-state index in [0.29, 0.717) is 22.8 Å². The highest BCUT2D eigenvalue weighted by Gasteiger charge is 2.38. The van der Waals surface area contributed by atoms with Crippen molar-refractivity contribution >= 4 is 5.97 Å². The van der Waals surface area contributed by atoms with E-state index >= 15 is 0 Å². The van der Waals surface area contributed by atoms with Gasteiger partial charge in [0.2, 0.25) is 12.7 Å². The highest BCUT2D eigenvalue weighted by molar-refractivity contribution is 5.93. The van der Waals surface area contributed by atoms with Gasteiger partial charge in [0.25, 0.3) is 0 Å². The molecule has 7 heteroatoms. The molecule has 0 saturated heterocycles. The highest BCUT2D eigenvalue weighted by Crippen LogP contribution is 2.43. The second-order valence-corrected chi connectivity index (χ2v) is 7.01. The zero-order valence-corrected chi connectivity index (χ0v) is 15.1. The monoisotopic (exact) mass is 356 g/mol. The van der Waals surface area contributed by atoms with Gasteiger partial charge in [-0.3, -0.25) is 0 Å². The summed E-state index contributed by atoms with van der Waals surface area (Å²) in [6.45, 7) is 7.07. The Bertz CT molecular complexity index is 871. The molecule has 26 heavy (non-hydrogen) atoms. The molecule has 7 nitrogen and oxygen atoms in total. The number of esters is 1. The molecule has 2 aliphatic heterocycles. The quantitative estimate of drug-likeness (QED) is 0.813. The summed E-state index contributed by atoms with van der Waals surface area (Å²) in [6.07, 6.45) is 0. The third-order valence-electron chi connectivity index (χ3n) is 3.95. The standard InChI is InChI=1S/C19H20N2O5/c1-10-15(18(22)26-19(2,3)4)16(12(8-20)17(21)25-10)11-5-6-13-14(7-11)24-9-23-13/h5-7,16H,9,21H2,1-4H3. The molecule has 2 heterocycles. The molecule has 0 aliphatic carbocycles. The largest absolute Gasteiger partial charge is 0.456 e. The first kappa shape index (κ1) is 17.7. The van der Waals surface area contributed by atoms with Gasteiger partial charge in [-0.15, -0.1) is 0 Å². The lowest BCUT2D eigenvalue weighted by molar-refractivity contribution is -0.150. The molecular formula is C19H20N2O5. The van der Waals surface area contributed by atoms with Gasteiger partial charge in [-0.25, -0.2) is 4.79 Å². The molecular weight excluding hydrogens is 336 g/mol. The summed E-state index contributed by atoms with van der Waals surface area (Å²) in [7, 11) is 0. The highest BCUT2D eigenvalue weighted by atomic mass is 16.7. The van der Waals surface area contributed by atoms with Crippen LogP contribution in [0.2, 0.25) is 0 Å². The van der Waals surface area contributed by atoms with Crippen LogP contribution in [-0.2, 0) is 14.3 Å². The maximum absolute atomic E-state index is 12.8. The van der Waals surface area contributed by atoms with E-state index in [4.69, 9.17) is 24.7 Å². The average Bonchev–Trinajstić information content (AvgIpc) is 2.99. The number of hydrogen-bond acceptors (Lipinski definition) is 7. The first-order valence-electron chi connectivity index (χ1n) is 8.12. The summed E-state index contributed by atoms with van der Waals surface area (Å²) in [5.41, 5.74) is 6.26. The summed E-state index contributed by atoms with van der Waals surface area (Å²) >= 11 is 0. The lowest BCUT2D eigenvalue weighted by Gasteiger charge is -2.29. The van der Waals surface area contributed by atoms with Gasteiger partial charge < -0.3 is 24.7 Å². The van der Waals surface area contributed by atoms with Crippen molar-refractivity contribution in [2.45, 2.75) is 39.2 Å². The Morgan fingerprint density at radius 1 is 1.31 bits per heavy atom. The van der Waals surface area contributed by atoms with Crippen LogP contribution in [0.25, 0.3) is 0 Å². The lowest BCUT2D eigenvalue weighted by Crippen LogP contribution is -2.30. The number of nitrogens with zero attached hydrogens (tertiary/aromatic N) is 1. The molecule has 2 aliphatic rings. The third-order valence-corrected chi connectivity index (χ3v) is 3.95. The van der Waals surface area contributed by atoms with Crippen molar-refractivity contribution in [1.29, 1.82) is 5.26 Å². The predicted molar refractivity (Wildman–Crippen MR) is 91.8 cm³/mol. The van der Waals surface area contributed by atoms with Gasteiger partial charge in [0.1, 0.15) is 23.0 Å². The van der Waals surface area contributed by atoms with Crippen molar-refractivity contribution in [1.82, 2.24) is 0 Å². The number of hydrogen-bond donors (Lipinski definition) is 1. The van der Waals surface area contributed by atoms with E-state index in [9.17, 15) is 10.1 Å². The minimum absolute atomic E-state index is 0.0278. The van der Waals surface area contributed by atoms with Crippen LogP contribution in [0.15, 0.2) is 41.0 Å². The summed E-state index contributed by atoms with van der Waals surface area (Å²) in [5, 5.41) is 9.61. The second-order valence-electron chi connectivity index (χ2n) is 7.01. The molecule has 0 saturated carbocycles. The van der Waals surface area contributed by atoms with E-state index in [1.807, 2.05) is 0 Å². The van der Waals surface area contributed by atoms with E-state index in [-0.39, 0.29) is 23.8 Å². The number of nitriles is 1. The van der Waals surface area contributed by atoms with Crippen LogP contribution in [0, 0.1) is 11.3 Å². The summed E-state index contributed by atoms with van der Waals surface area (Å²) < 4.78 is 21.7. The molecule has 0 amide bonds. The van der Waals surface area contributed by atoms with Crippen LogP contribution in [-0.4, -0.2) is 18.4 Å². The summed E-state index contributed by atoms with van der Waals surface area (Å²) in [5.74, 6) is 0.163. The van der Waals surface area contributed by atoms with Crippen LogP contribution in [0.1, 0.15) is 39.2 Å². The molecule has 0 spiro atoms. The maximum atomic E-state index is 12.8. The fraction of sp³-hybridized carbons (Fsp3) is 0.368. The molecule has 0 fully saturated rings. The number of benzene rings is 1. The topological polar surface area (TPSA) is 104 Å². The molecule has 0 aromatic heterocycles. The normalized spacial score (nSPS) is 19.1. The van der Waals surface area contributed by atoms with Crippen LogP contribution in [0.5, 0.6) is 11.5 Å². The first-order valence-corrected chi connectivity index (χ1v) is 8.12. The van der Waals surface area contributed by atoms with E-state index in [1.54, 1.807) is 45.9 Å². The Labute approximate surface area is 151 Å². The molecule has 1 atom stereocenters. The van der Waals surface area contributed by atoms with E-state index in [1.165, 1.54) is 0 Å². The van der Waals surface area contributed by atoms with E-state index < -0.39 is 17.5 Å². The number of fused-ring (bicyclic) bond motifs is 1. The van der Waals surface area contributed by atoms with Crippen molar-refractivity contribution in [3.8, 4) is 17.6 Å². The molecule has 1 aromatic rings. The number of rotatable bonds is 2. The van der Waals surface area contributed by atoms with Crippen LogP contribution < -0.4 is 15.2 Å². The Morgan fingerprint density at radius 2 is 2.00 bits per heavy atom. The molecule has 0 radical (unpaired) electrons. The first-order chi connectivity index (χ1) is 12.2. The smallest absolute Gasteiger partial charge is 0.338 e. The minimum Gasteiger partial charge on any atom is -0.456 e. The molecule has 1 aromatic carbocycles. The number of carbonyl (C=O) groups is 1. The summed E-state index contributed by atoms with van der Waals surface area (Å²) in [4.78, 5) is 12.8. The van der Waals surface area contributed by atoms with Gasteiger partial charge in [0, 0.05) is 0 Å². The second kappa shape index (κ2) is 6.30. The molecule has 0 bridgehead atoms. The summed E-state index contributed by atoms with van der Waals surface area (Å²) in [6, 6.07) is 7.30. The predicted octanol–water partition coefficient (Wildman–Crippen LogP) is 2.84. The van der Waals surface area contributed by atoms with Crippen molar-refractivity contribution in [2.24, 2.45) is 5.73 Å². The molecule has 3 rings (SSSR count). The molecule has 1 unspecified atom stereocenters. The average molecular weight is 356 g/mol. The number of carbonyl (C=O) groups excluding carboxylic acids is 1. The number of allylic oxidation sites excluding steroid dienone is 2. The molecule has 2 N–H and O–H groups in total. The fourth-order valence-corrected chi connectivity index (χ4v) is 2.91. The van der Waals surface area contributed by atoms with Crippen LogP contribution in [0.3, 0.4) is 0 Å². The fourth-order valence-electron chi connectivity index (χ4n) is 2.91. The van der Waals surface area contributed by atoms with Gasteiger partial charge in [-0.1, -0.05) is 6.07 Å². The van der Waals surface area contributed by atoms with Gasteiger partial charge in [-0.2, -0.15) is 5.26 Å². The Morgan fingerprint density at radius 3 is 2.65 bits per heavy atom. The van der Waals surface area contributed by atoms with Crippen molar-refractivity contribution in [3.05, 3.63) is 46.6 Å². The zero-order valence-electron chi connectivity index (χ0n) is 15.1. The third kappa shape index (κ3) is 3.18. The van der Waals surface area contributed by atoms with Gasteiger partial charge in [-0.05, 0) is 45.4 Å². The van der Waals surface area contributed by atoms with Crippen LogP contribution in [0.4, 0.5) is 0 Å². The van der Waals surface area contributed by atoms with Gasteiger partial charge in [0.15, 0.2) is 11.5 Å². The van der Waals surface area contributed by atoms with Crippen LogP contribution >= 0.6 is 0 Å². The van der Waals surface area contributed by atoms with Crippen molar-refractivity contribution in [3.63, 3.8) is 0 Å².